The Morgan fingerprint density at radius 1 is 1.33 bits per heavy atom. The van der Waals surface area contributed by atoms with E-state index in [1.807, 2.05) is 0 Å². The van der Waals surface area contributed by atoms with Gasteiger partial charge in [0.2, 0.25) is 0 Å². The Bertz CT molecular complexity index is 164. The summed E-state index contributed by atoms with van der Waals surface area (Å²) in [5.74, 6) is 0. The average Bonchev–Trinajstić information content (AvgIpc) is 2.05. The van der Waals surface area contributed by atoms with Gasteiger partial charge in [0.1, 0.15) is 0 Å². The van der Waals surface area contributed by atoms with Gasteiger partial charge in [-0.3, -0.25) is 0 Å². The molecule has 0 aromatic rings. The van der Waals surface area contributed by atoms with E-state index in [2.05, 4.69) is 5.32 Å². The molecule has 0 bridgehead atoms. The van der Waals surface area contributed by atoms with Gasteiger partial charge < -0.3 is 15.5 Å². The minimum atomic E-state index is -1.04. The molecular formula is C8H15NO3. The van der Waals surface area contributed by atoms with Crippen LogP contribution in [-0.2, 0) is 0 Å². The highest BCUT2D eigenvalue weighted by Crippen LogP contribution is 2.27. The lowest BCUT2D eigenvalue weighted by atomic mass is 9.82. The molecule has 0 aromatic heterocycles. The predicted molar refractivity (Wildman–Crippen MR) is 44.1 cm³/mol. The van der Waals surface area contributed by atoms with Gasteiger partial charge in [0.25, 0.3) is 0 Å². The van der Waals surface area contributed by atoms with Gasteiger partial charge in [0.15, 0.2) is 0 Å². The normalized spacial score (nSPS) is 21.8. The Morgan fingerprint density at radius 2 is 1.92 bits per heavy atom. The highest BCUT2D eigenvalue weighted by Gasteiger charge is 2.32. The summed E-state index contributed by atoms with van der Waals surface area (Å²) in [6.45, 7) is -0.0840. The minimum absolute atomic E-state index is 0.0840. The molecule has 0 atom stereocenters. The van der Waals surface area contributed by atoms with E-state index < -0.39 is 11.6 Å². The first kappa shape index (κ1) is 9.32. The summed E-state index contributed by atoms with van der Waals surface area (Å²) in [6, 6.07) is 0. The molecule has 0 heterocycles. The molecule has 1 aliphatic rings. The van der Waals surface area contributed by atoms with Crippen molar-refractivity contribution in [1.82, 2.24) is 5.32 Å². The molecule has 0 radical (unpaired) electrons. The van der Waals surface area contributed by atoms with Crippen molar-refractivity contribution in [2.75, 3.05) is 6.61 Å². The van der Waals surface area contributed by atoms with Gasteiger partial charge in [-0.1, -0.05) is 19.3 Å². The van der Waals surface area contributed by atoms with Crippen LogP contribution in [0, 0.1) is 0 Å². The summed E-state index contributed by atoms with van der Waals surface area (Å²) in [5, 5.41) is 20.0. The summed E-state index contributed by atoms with van der Waals surface area (Å²) in [7, 11) is 0. The molecule has 1 amide bonds. The van der Waals surface area contributed by atoms with Crippen LogP contribution in [0.1, 0.15) is 32.1 Å². The zero-order chi connectivity index (χ0) is 9.03. The van der Waals surface area contributed by atoms with Crippen molar-refractivity contribution in [1.29, 1.82) is 0 Å². The van der Waals surface area contributed by atoms with E-state index in [1.165, 1.54) is 0 Å². The molecule has 3 N–H and O–H groups in total. The van der Waals surface area contributed by atoms with Gasteiger partial charge in [-0.2, -0.15) is 0 Å². The first-order chi connectivity index (χ1) is 5.68. The van der Waals surface area contributed by atoms with E-state index in [0.717, 1.165) is 32.1 Å². The van der Waals surface area contributed by atoms with Crippen LogP contribution in [0.3, 0.4) is 0 Å². The molecule has 0 unspecified atom stereocenters. The van der Waals surface area contributed by atoms with E-state index in [0.29, 0.717) is 0 Å². The van der Waals surface area contributed by atoms with Gasteiger partial charge in [-0.05, 0) is 12.8 Å². The second kappa shape index (κ2) is 3.76. The Labute approximate surface area is 71.6 Å². The molecule has 1 rings (SSSR count). The van der Waals surface area contributed by atoms with Crippen LogP contribution in [0.15, 0.2) is 0 Å². The van der Waals surface area contributed by atoms with Crippen LogP contribution in [0.2, 0.25) is 0 Å². The third-order valence-corrected chi connectivity index (χ3v) is 2.49. The van der Waals surface area contributed by atoms with Gasteiger partial charge >= 0.3 is 6.09 Å². The van der Waals surface area contributed by atoms with Gasteiger partial charge in [-0.25, -0.2) is 4.79 Å². The molecule has 70 valence electrons. The number of aliphatic hydroxyl groups excluding tert-OH is 1. The molecule has 1 aliphatic carbocycles. The zero-order valence-electron chi connectivity index (χ0n) is 7.05. The van der Waals surface area contributed by atoms with Crippen LogP contribution in [-0.4, -0.2) is 28.5 Å². The molecule has 0 aromatic carbocycles. The van der Waals surface area contributed by atoms with E-state index in [9.17, 15) is 4.79 Å². The van der Waals surface area contributed by atoms with E-state index in [-0.39, 0.29) is 6.61 Å². The topological polar surface area (TPSA) is 69.6 Å². The average molecular weight is 173 g/mol. The zero-order valence-corrected chi connectivity index (χ0v) is 7.05. The Morgan fingerprint density at radius 3 is 2.33 bits per heavy atom. The molecule has 1 fully saturated rings. The molecule has 4 nitrogen and oxygen atoms in total. The highest BCUT2D eigenvalue weighted by atomic mass is 16.4. The maximum absolute atomic E-state index is 10.4. The van der Waals surface area contributed by atoms with Crippen LogP contribution in [0.25, 0.3) is 0 Å². The first-order valence-electron chi connectivity index (χ1n) is 4.30. The van der Waals surface area contributed by atoms with E-state index >= 15 is 0 Å². The molecular weight excluding hydrogens is 158 g/mol. The minimum Gasteiger partial charge on any atom is -0.465 e. The second-order valence-electron chi connectivity index (χ2n) is 3.43. The molecule has 1 saturated carbocycles. The fourth-order valence-corrected chi connectivity index (χ4v) is 1.78. The SMILES string of the molecule is O=C(O)NC1(CO)CCCCC1. The van der Waals surface area contributed by atoms with Gasteiger partial charge in [0.05, 0.1) is 12.1 Å². The number of hydrogen-bond donors (Lipinski definition) is 3. The summed E-state index contributed by atoms with van der Waals surface area (Å²) < 4.78 is 0. The van der Waals surface area contributed by atoms with Crippen molar-refractivity contribution in [2.45, 2.75) is 37.6 Å². The molecule has 0 aliphatic heterocycles. The number of carbonyl (C=O) groups is 1. The number of amides is 1. The molecule has 0 spiro atoms. The Kier molecular flexibility index (Phi) is 2.92. The van der Waals surface area contributed by atoms with Crippen molar-refractivity contribution in [3.05, 3.63) is 0 Å². The summed E-state index contributed by atoms with van der Waals surface area (Å²) in [4.78, 5) is 10.4. The van der Waals surface area contributed by atoms with Crippen molar-refractivity contribution < 1.29 is 15.0 Å². The molecule has 0 saturated heterocycles. The second-order valence-corrected chi connectivity index (χ2v) is 3.43. The lowest BCUT2D eigenvalue weighted by molar-refractivity contribution is 0.110. The smallest absolute Gasteiger partial charge is 0.405 e. The van der Waals surface area contributed by atoms with Crippen molar-refractivity contribution in [2.24, 2.45) is 0 Å². The van der Waals surface area contributed by atoms with E-state index in [1.54, 1.807) is 0 Å². The van der Waals surface area contributed by atoms with E-state index in [4.69, 9.17) is 10.2 Å². The van der Waals surface area contributed by atoms with Gasteiger partial charge in [0, 0.05) is 0 Å². The lowest BCUT2D eigenvalue weighted by Crippen LogP contribution is -2.52. The monoisotopic (exact) mass is 173 g/mol. The largest absolute Gasteiger partial charge is 0.465 e. The number of nitrogens with one attached hydrogen (secondary N) is 1. The van der Waals surface area contributed by atoms with Gasteiger partial charge in [-0.15, -0.1) is 0 Å². The Hall–Kier alpha value is -0.770. The maximum Gasteiger partial charge on any atom is 0.405 e. The van der Waals surface area contributed by atoms with Crippen molar-refractivity contribution in [3.8, 4) is 0 Å². The lowest BCUT2D eigenvalue weighted by Gasteiger charge is -2.35. The number of rotatable bonds is 2. The van der Waals surface area contributed by atoms with Crippen molar-refractivity contribution in [3.63, 3.8) is 0 Å². The third-order valence-electron chi connectivity index (χ3n) is 2.49. The Balaban J connectivity index is 2.53. The van der Waals surface area contributed by atoms with Crippen LogP contribution < -0.4 is 5.32 Å². The first-order valence-corrected chi connectivity index (χ1v) is 4.30. The third kappa shape index (κ3) is 2.11. The number of carboxylic acid groups (broad SMARTS) is 1. The highest BCUT2D eigenvalue weighted by molar-refractivity contribution is 5.65. The number of aliphatic hydroxyl groups is 1. The summed E-state index contributed by atoms with van der Waals surface area (Å²) in [5.41, 5.74) is -0.552. The fourth-order valence-electron chi connectivity index (χ4n) is 1.78. The predicted octanol–water partition coefficient (Wildman–Crippen LogP) is 0.949. The standard InChI is InChI=1S/C8H15NO3/c10-6-8(9-7(11)12)4-2-1-3-5-8/h9-10H,1-6H2,(H,11,12). The quantitative estimate of drug-likeness (QED) is 0.582. The molecule has 12 heavy (non-hydrogen) atoms. The summed E-state index contributed by atoms with van der Waals surface area (Å²) in [6.07, 6.45) is 3.63. The fraction of sp³-hybridized carbons (Fsp3) is 0.875. The van der Waals surface area contributed by atoms with Crippen LogP contribution in [0.5, 0.6) is 0 Å². The van der Waals surface area contributed by atoms with Crippen molar-refractivity contribution >= 4 is 6.09 Å². The molecule has 4 heteroatoms. The van der Waals surface area contributed by atoms with Crippen LogP contribution >= 0.6 is 0 Å². The van der Waals surface area contributed by atoms with Crippen LogP contribution in [0.4, 0.5) is 4.79 Å². The maximum atomic E-state index is 10.4. The summed E-state index contributed by atoms with van der Waals surface area (Å²) >= 11 is 0. The number of hydrogen-bond acceptors (Lipinski definition) is 2.